The molecule has 0 saturated heterocycles. The topological polar surface area (TPSA) is 134 Å². The van der Waals surface area contributed by atoms with Crippen LogP contribution in [0.3, 0.4) is 0 Å². The van der Waals surface area contributed by atoms with E-state index in [0.717, 1.165) is 16.7 Å². The van der Waals surface area contributed by atoms with Gasteiger partial charge in [0, 0.05) is 5.56 Å². The molecule has 2 amide bonds. The standard InChI is InChI=1S/C31H30N4O3/c32-27(19-21-11-15-25(16-12-21)29(33)34)30(37)35(20-22-13-17-26(36)18-14-22)31(38)28(23-7-3-1-4-8-23)24-9-5-2-6-10-24/h1-18,27-28,36H,19-20,32H2,(H3,33,34). The molecular weight excluding hydrogens is 476 g/mol. The molecule has 4 aromatic carbocycles. The monoisotopic (exact) mass is 506 g/mol. The van der Waals surface area contributed by atoms with Crippen molar-refractivity contribution in [1.82, 2.24) is 4.90 Å². The molecule has 4 rings (SSSR count). The van der Waals surface area contributed by atoms with Gasteiger partial charge in [-0.05, 0) is 40.8 Å². The summed E-state index contributed by atoms with van der Waals surface area (Å²) < 4.78 is 0. The van der Waals surface area contributed by atoms with Crippen LogP contribution in [-0.4, -0.2) is 33.7 Å². The number of phenols is 1. The number of imide groups is 1. The van der Waals surface area contributed by atoms with E-state index in [1.54, 1.807) is 36.4 Å². The van der Waals surface area contributed by atoms with E-state index in [9.17, 15) is 14.7 Å². The Morgan fingerprint density at radius 3 is 1.74 bits per heavy atom. The molecule has 0 aliphatic carbocycles. The number of aromatic hydroxyl groups is 1. The maximum atomic E-state index is 14.2. The van der Waals surface area contributed by atoms with Crippen molar-refractivity contribution in [3.8, 4) is 5.75 Å². The van der Waals surface area contributed by atoms with Gasteiger partial charge in [0.25, 0.3) is 0 Å². The highest BCUT2D eigenvalue weighted by atomic mass is 16.3. The number of amides is 2. The molecule has 4 aromatic rings. The molecule has 0 aromatic heterocycles. The van der Waals surface area contributed by atoms with Gasteiger partial charge in [-0.1, -0.05) is 97.1 Å². The SMILES string of the molecule is N=C(N)c1ccc(CC(N)C(=O)N(Cc2ccc(O)cc2)C(=O)C(c2ccccc2)c2ccccc2)cc1. The van der Waals surface area contributed by atoms with Crippen molar-refractivity contribution in [2.45, 2.75) is 24.9 Å². The third kappa shape index (κ3) is 6.32. The number of nitrogens with one attached hydrogen (secondary N) is 1. The molecule has 0 spiro atoms. The number of rotatable bonds is 9. The lowest BCUT2D eigenvalue weighted by Crippen LogP contribution is -2.49. The molecule has 7 heteroatoms. The minimum atomic E-state index is -0.980. The molecule has 0 aliphatic rings. The summed E-state index contributed by atoms with van der Waals surface area (Å²) in [5.41, 5.74) is 15.5. The molecule has 6 N–H and O–H groups in total. The number of carbonyl (C=O) groups is 2. The molecule has 0 radical (unpaired) electrons. The van der Waals surface area contributed by atoms with E-state index in [0.29, 0.717) is 11.1 Å². The summed E-state index contributed by atoms with van der Waals surface area (Å²) in [6.45, 7) is 0.00505. The highest BCUT2D eigenvalue weighted by Gasteiger charge is 2.33. The fourth-order valence-corrected chi connectivity index (χ4v) is 4.33. The van der Waals surface area contributed by atoms with Gasteiger partial charge in [0.1, 0.15) is 11.6 Å². The van der Waals surface area contributed by atoms with Crippen LogP contribution in [0.1, 0.15) is 33.7 Å². The molecular formula is C31H30N4O3. The number of hydrogen-bond acceptors (Lipinski definition) is 5. The quantitative estimate of drug-likeness (QED) is 0.202. The van der Waals surface area contributed by atoms with E-state index in [-0.39, 0.29) is 30.5 Å². The molecule has 0 fully saturated rings. The van der Waals surface area contributed by atoms with Crippen LogP contribution in [0.5, 0.6) is 5.75 Å². The van der Waals surface area contributed by atoms with E-state index in [1.807, 2.05) is 60.7 Å². The van der Waals surface area contributed by atoms with Crippen LogP contribution in [0.15, 0.2) is 109 Å². The predicted octanol–water partition coefficient (Wildman–Crippen LogP) is 3.93. The van der Waals surface area contributed by atoms with Crippen LogP contribution in [0.2, 0.25) is 0 Å². The largest absolute Gasteiger partial charge is 0.508 e. The summed E-state index contributed by atoms with van der Waals surface area (Å²) in [4.78, 5) is 29.2. The van der Waals surface area contributed by atoms with Gasteiger partial charge in [-0.25, -0.2) is 0 Å². The fraction of sp³-hybridized carbons (Fsp3) is 0.129. The summed E-state index contributed by atoms with van der Waals surface area (Å²) >= 11 is 0. The van der Waals surface area contributed by atoms with Gasteiger partial charge in [-0.2, -0.15) is 0 Å². The Labute approximate surface area is 221 Å². The summed E-state index contributed by atoms with van der Waals surface area (Å²) in [7, 11) is 0. The number of hydrogen-bond donors (Lipinski definition) is 4. The van der Waals surface area contributed by atoms with Gasteiger partial charge >= 0.3 is 0 Å². The van der Waals surface area contributed by atoms with E-state index in [4.69, 9.17) is 16.9 Å². The van der Waals surface area contributed by atoms with Crippen molar-refractivity contribution in [3.05, 3.63) is 137 Å². The lowest BCUT2D eigenvalue weighted by Gasteiger charge is -2.29. The second kappa shape index (κ2) is 12.0. The Morgan fingerprint density at radius 2 is 1.24 bits per heavy atom. The fourth-order valence-electron chi connectivity index (χ4n) is 4.33. The first kappa shape index (κ1) is 26.3. The molecule has 0 saturated carbocycles. The summed E-state index contributed by atoms with van der Waals surface area (Å²) in [6, 6.07) is 31.0. The zero-order valence-electron chi connectivity index (χ0n) is 20.8. The van der Waals surface area contributed by atoms with E-state index >= 15 is 0 Å². The average molecular weight is 507 g/mol. The minimum Gasteiger partial charge on any atom is -0.508 e. The van der Waals surface area contributed by atoms with Crippen molar-refractivity contribution in [2.75, 3.05) is 0 Å². The van der Waals surface area contributed by atoms with Crippen LogP contribution < -0.4 is 11.5 Å². The van der Waals surface area contributed by atoms with E-state index in [1.165, 1.54) is 17.0 Å². The number of nitrogens with zero attached hydrogens (tertiary/aromatic N) is 1. The summed E-state index contributed by atoms with van der Waals surface area (Å²) in [5, 5.41) is 17.3. The number of nitrogen functional groups attached to an aromatic ring is 1. The molecule has 0 aliphatic heterocycles. The molecule has 38 heavy (non-hydrogen) atoms. The first-order valence-corrected chi connectivity index (χ1v) is 12.3. The van der Waals surface area contributed by atoms with Crippen molar-refractivity contribution in [1.29, 1.82) is 5.41 Å². The van der Waals surface area contributed by atoms with E-state index in [2.05, 4.69) is 0 Å². The summed E-state index contributed by atoms with van der Waals surface area (Å²) in [6.07, 6.45) is 0.206. The molecule has 0 heterocycles. The average Bonchev–Trinajstić information content (AvgIpc) is 2.94. The maximum absolute atomic E-state index is 14.2. The highest BCUT2D eigenvalue weighted by molar-refractivity contribution is 6.02. The van der Waals surface area contributed by atoms with Crippen LogP contribution in [0, 0.1) is 5.41 Å². The molecule has 0 bridgehead atoms. The van der Waals surface area contributed by atoms with Gasteiger partial charge < -0.3 is 16.6 Å². The Hall–Kier alpha value is -4.75. The van der Waals surface area contributed by atoms with Gasteiger partial charge in [0.05, 0.1) is 18.5 Å². The zero-order chi connectivity index (χ0) is 27.1. The Balaban J connectivity index is 1.68. The highest BCUT2D eigenvalue weighted by Crippen LogP contribution is 2.28. The maximum Gasteiger partial charge on any atom is 0.246 e. The van der Waals surface area contributed by atoms with Crippen molar-refractivity contribution < 1.29 is 14.7 Å². The zero-order valence-corrected chi connectivity index (χ0v) is 20.8. The van der Waals surface area contributed by atoms with Gasteiger partial charge in [-0.3, -0.25) is 19.9 Å². The Kier molecular flexibility index (Phi) is 8.30. The van der Waals surface area contributed by atoms with Crippen LogP contribution in [0.25, 0.3) is 0 Å². The second-order valence-corrected chi connectivity index (χ2v) is 9.10. The van der Waals surface area contributed by atoms with Crippen molar-refractivity contribution in [2.24, 2.45) is 11.5 Å². The lowest BCUT2D eigenvalue weighted by atomic mass is 9.89. The third-order valence-corrected chi connectivity index (χ3v) is 6.36. The van der Waals surface area contributed by atoms with Crippen LogP contribution >= 0.6 is 0 Å². The number of benzene rings is 4. The van der Waals surface area contributed by atoms with Crippen molar-refractivity contribution in [3.63, 3.8) is 0 Å². The first-order valence-electron chi connectivity index (χ1n) is 12.3. The summed E-state index contributed by atoms with van der Waals surface area (Å²) in [5.74, 6) is -1.55. The Morgan fingerprint density at radius 1 is 0.737 bits per heavy atom. The molecule has 1 atom stereocenters. The van der Waals surface area contributed by atoms with Gasteiger partial charge in [0.2, 0.25) is 11.8 Å². The molecule has 7 nitrogen and oxygen atoms in total. The third-order valence-electron chi connectivity index (χ3n) is 6.36. The minimum absolute atomic E-state index is 0.00505. The van der Waals surface area contributed by atoms with Crippen LogP contribution in [0.4, 0.5) is 0 Å². The normalized spacial score (nSPS) is 11.6. The van der Waals surface area contributed by atoms with E-state index < -0.39 is 17.9 Å². The number of amidine groups is 1. The second-order valence-electron chi connectivity index (χ2n) is 9.10. The first-order chi connectivity index (χ1) is 18.3. The van der Waals surface area contributed by atoms with Gasteiger partial charge in [-0.15, -0.1) is 0 Å². The smallest absolute Gasteiger partial charge is 0.246 e. The molecule has 1 unspecified atom stereocenters. The van der Waals surface area contributed by atoms with Crippen LogP contribution in [-0.2, 0) is 22.6 Å². The number of nitrogens with two attached hydrogens (primary N) is 2. The Bertz CT molecular complexity index is 1350. The lowest BCUT2D eigenvalue weighted by molar-refractivity contribution is -0.146. The van der Waals surface area contributed by atoms with Gasteiger partial charge in [0.15, 0.2) is 0 Å². The number of phenolic OH excluding ortho intramolecular Hbond substituents is 1. The van der Waals surface area contributed by atoms with Crippen molar-refractivity contribution >= 4 is 17.6 Å². The number of carbonyl (C=O) groups excluding carboxylic acids is 2. The predicted molar refractivity (Wildman–Crippen MR) is 148 cm³/mol. The molecule has 192 valence electrons.